The molecule has 0 unspecified atom stereocenters. The SMILES string of the molecule is c1cnc2c(c1)-c1cccc3c(-c4ccc5cc6ccccc6cc5c4)c4ccccc4c-2c13. The zero-order valence-electron chi connectivity index (χ0n) is 18.4. The van der Waals surface area contributed by atoms with Crippen LogP contribution in [0.4, 0.5) is 0 Å². The third-order valence-corrected chi connectivity index (χ3v) is 7.38. The molecule has 6 aromatic carbocycles. The Morgan fingerprint density at radius 3 is 1.97 bits per heavy atom. The van der Waals surface area contributed by atoms with E-state index in [0.29, 0.717) is 0 Å². The van der Waals surface area contributed by atoms with Crippen LogP contribution < -0.4 is 0 Å². The van der Waals surface area contributed by atoms with Gasteiger partial charge in [-0.05, 0) is 78.7 Å². The Morgan fingerprint density at radius 2 is 1.12 bits per heavy atom. The monoisotopic (exact) mass is 429 g/mol. The molecule has 7 aromatic rings. The number of hydrogen-bond donors (Lipinski definition) is 0. The number of pyridine rings is 1. The van der Waals surface area contributed by atoms with Crippen LogP contribution in [-0.2, 0) is 0 Å². The zero-order valence-corrected chi connectivity index (χ0v) is 18.4. The summed E-state index contributed by atoms with van der Waals surface area (Å²) in [5.41, 5.74) is 7.45. The van der Waals surface area contributed by atoms with Crippen LogP contribution in [-0.4, -0.2) is 4.98 Å². The summed E-state index contributed by atoms with van der Waals surface area (Å²) in [5, 5.41) is 10.3. The molecule has 1 nitrogen and oxygen atoms in total. The first kappa shape index (κ1) is 18.0. The molecular formula is C33H19N. The summed E-state index contributed by atoms with van der Waals surface area (Å²) >= 11 is 0. The molecule has 1 heteroatoms. The fourth-order valence-corrected chi connectivity index (χ4v) is 5.93. The Balaban J connectivity index is 1.52. The fourth-order valence-electron chi connectivity index (χ4n) is 5.93. The van der Waals surface area contributed by atoms with Gasteiger partial charge in [-0.25, -0.2) is 0 Å². The van der Waals surface area contributed by atoms with Crippen molar-refractivity contribution in [1.82, 2.24) is 4.98 Å². The van der Waals surface area contributed by atoms with Crippen LogP contribution in [0.25, 0.3) is 76.6 Å². The van der Waals surface area contributed by atoms with E-state index in [2.05, 4.69) is 103 Å². The standard InChI is InChI=1S/C33H19N/c1-2-8-21-18-24-19-23(15-14-22(24)17-20(21)7-1)30-25-9-3-4-10-26(25)32-31-27(11-5-12-29(30)31)28-13-6-16-34-33(28)32/h1-19H. The van der Waals surface area contributed by atoms with Gasteiger partial charge < -0.3 is 0 Å². The summed E-state index contributed by atoms with van der Waals surface area (Å²) in [5.74, 6) is 0. The maximum absolute atomic E-state index is 4.82. The number of hydrogen-bond acceptors (Lipinski definition) is 1. The minimum Gasteiger partial charge on any atom is -0.256 e. The Hall–Kier alpha value is -4.49. The van der Waals surface area contributed by atoms with E-state index in [4.69, 9.17) is 4.98 Å². The van der Waals surface area contributed by atoms with E-state index in [1.54, 1.807) is 0 Å². The van der Waals surface area contributed by atoms with Gasteiger partial charge in [0.05, 0.1) is 5.69 Å². The van der Waals surface area contributed by atoms with Gasteiger partial charge in [0.15, 0.2) is 0 Å². The van der Waals surface area contributed by atoms with Gasteiger partial charge in [-0.1, -0.05) is 84.9 Å². The molecule has 0 fully saturated rings. The van der Waals surface area contributed by atoms with Gasteiger partial charge in [0.25, 0.3) is 0 Å². The van der Waals surface area contributed by atoms with Gasteiger partial charge in [-0.15, -0.1) is 0 Å². The first-order valence-corrected chi connectivity index (χ1v) is 11.7. The molecule has 0 amide bonds. The molecule has 0 saturated heterocycles. The maximum atomic E-state index is 4.82. The van der Waals surface area contributed by atoms with Crippen LogP contribution in [0.5, 0.6) is 0 Å². The van der Waals surface area contributed by atoms with Crippen molar-refractivity contribution in [2.75, 3.05) is 0 Å². The minimum atomic E-state index is 1.10. The number of fused-ring (bicyclic) bond motifs is 7. The van der Waals surface area contributed by atoms with E-state index in [-0.39, 0.29) is 0 Å². The molecule has 1 aromatic heterocycles. The lowest BCUT2D eigenvalue weighted by molar-refractivity contribution is 1.35. The molecule has 8 rings (SSSR count). The van der Waals surface area contributed by atoms with Crippen molar-refractivity contribution in [2.45, 2.75) is 0 Å². The van der Waals surface area contributed by atoms with Crippen molar-refractivity contribution >= 4 is 43.1 Å². The third-order valence-electron chi connectivity index (χ3n) is 7.38. The Labute approximate surface area is 196 Å². The number of benzene rings is 6. The second-order valence-corrected chi connectivity index (χ2v) is 9.18. The van der Waals surface area contributed by atoms with E-state index in [9.17, 15) is 0 Å². The molecule has 1 aliphatic rings. The van der Waals surface area contributed by atoms with Gasteiger partial charge in [0.2, 0.25) is 0 Å². The number of rotatable bonds is 1. The minimum absolute atomic E-state index is 1.10. The Morgan fingerprint density at radius 1 is 0.441 bits per heavy atom. The van der Waals surface area contributed by atoms with Crippen molar-refractivity contribution in [2.24, 2.45) is 0 Å². The van der Waals surface area contributed by atoms with Crippen LogP contribution in [0.15, 0.2) is 115 Å². The van der Waals surface area contributed by atoms with Crippen molar-refractivity contribution in [3.8, 4) is 33.5 Å². The topological polar surface area (TPSA) is 12.9 Å². The lowest BCUT2D eigenvalue weighted by Gasteiger charge is -2.15. The van der Waals surface area contributed by atoms with Crippen LogP contribution in [0.3, 0.4) is 0 Å². The van der Waals surface area contributed by atoms with E-state index in [0.717, 1.165) is 5.69 Å². The third kappa shape index (κ3) is 2.31. The fraction of sp³-hybridized carbons (Fsp3) is 0. The van der Waals surface area contributed by atoms with Crippen molar-refractivity contribution in [1.29, 1.82) is 0 Å². The summed E-state index contributed by atoms with van der Waals surface area (Å²) in [6.45, 7) is 0. The molecule has 0 bridgehead atoms. The van der Waals surface area contributed by atoms with Gasteiger partial charge in [0.1, 0.15) is 0 Å². The molecule has 34 heavy (non-hydrogen) atoms. The quantitative estimate of drug-likeness (QED) is 0.237. The molecule has 0 spiro atoms. The predicted octanol–water partition coefficient (Wildman–Crippen LogP) is 9.01. The van der Waals surface area contributed by atoms with Crippen molar-refractivity contribution < 1.29 is 0 Å². The Bertz CT molecular complexity index is 1960. The molecule has 0 atom stereocenters. The van der Waals surface area contributed by atoms with Gasteiger partial charge in [0, 0.05) is 22.7 Å². The molecule has 1 heterocycles. The van der Waals surface area contributed by atoms with Crippen molar-refractivity contribution in [3.63, 3.8) is 0 Å². The molecule has 0 radical (unpaired) electrons. The van der Waals surface area contributed by atoms with E-state index in [1.165, 1.54) is 70.9 Å². The van der Waals surface area contributed by atoms with Crippen LogP contribution in [0.2, 0.25) is 0 Å². The lowest BCUT2D eigenvalue weighted by Crippen LogP contribution is -1.89. The number of aromatic nitrogens is 1. The summed E-state index contributed by atoms with van der Waals surface area (Å²) in [4.78, 5) is 4.82. The summed E-state index contributed by atoms with van der Waals surface area (Å²) in [6.07, 6.45) is 1.91. The molecule has 1 aliphatic carbocycles. The van der Waals surface area contributed by atoms with E-state index < -0.39 is 0 Å². The first-order chi connectivity index (χ1) is 16.9. The largest absolute Gasteiger partial charge is 0.256 e. The molecule has 0 N–H and O–H groups in total. The Kier molecular flexibility index (Phi) is 3.45. The lowest BCUT2D eigenvalue weighted by atomic mass is 9.87. The summed E-state index contributed by atoms with van der Waals surface area (Å²) in [7, 11) is 0. The zero-order chi connectivity index (χ0) is 22.2. The number of nitrogens with zero attached hydrogens (tertiary/aromatic N) is 1. The summed E-state index contributed by atoms with van der Waals surface area (Å²) < 4.78 is 0. The molecule has 0 saturated carbocycles. The van der Waals surface area contributed by atoms with Gasteiger partial charge >= 0.3 is 0 Å². The van der Waals surface area contributed by atoms with Crippen LogP contribution in [0, 0.1) is 0 Å². The normalized spacial score (nSPS) is 12.1. The second kappa shape index (κ2) is 6.52. The molecular weight excluding hydrogens is 410 g/mol. The van der Waals surface area contributed by atoms with Crippen LogP contribution in [0.1, 0.15) is 0 Å². The smallest absolute Gasteiger partial charge is 0.0793 e. The average molecular weight is 430 g/mol. The highest BCUT2D eigenvalue weighted by Crippen LogP contribution is 2.52. The summed E-state index contributed by atoms with van der Waals surface area (Å²) in [6, 6.07) is 39.9. The van der Waals surface area contributed by atoms with Gasteiger partial charge in [-0.2, -0.15) is 0 Å². The predicted molar refractivity (Wildman–Crippen MR) is 144 cm³/mol. The first-order valence-electron chi connectivity index (χ1n) is 11.7. The van der Waals surface area contributed by atoms with E-state index >= 15 is 0 Å². The molecule has 0 aliphatic heterocycles. The average Bonchev–Trinajstić information content (AvgIpc) is 3.23. The van der Waals surface area contributed by atoms with Crippen LogP contribution >= 0.6 is 0 Å². The highest BCUT2D eigenvalue weighted by atomic mass is 14.7. The second-order valence-electron chi connectivity index (χ2n) is 9.18. The van der Waals surface area contributed by atoms with E-state index in [1.807, 2.05) is 12.3 Å². The molecule has 156 valence electrons. The maximum Gasteiger partial charge on any atom is 0.0793 e. The highest BCUT2D eigenvalue weighted by Gasteiger charge is 2.26. The highest BCUT2D eigenvalue weighted by molar-refractivity contribution is 6.28. The van der Waals surface area contributed by atoms with Gasteiger partial charge in [-0.3, -0.25) is 4.98 Å². The van der Waals surface area contributed by atoms with Crippen molar-refractivity contribution in [3.05, 3.63) is 115 Å².